The summed E-state index contributed by atoms with van der Waals surface area (Å²) in [5, 5.41) is 9.13. The van der Waals surface area contributed by atoms with E-state index in [0.717, 1.165) is 0 Å². The van der Waals surface area contributed by atoms with Gasteiger partial charge in [0.15, 0.2) is 5.78 Å². The molecule has 0 saturated heterocycles. The number of hydrogen-bond acceptors (Lipinski definition) is 6. The molecule has 0 bridgehead atoms. The lowest BCUT2D eigenvalue weighted by Gasteiger charge is -2.30. The molecule has 1 aliphatic rings. The lowest BCUT2D eigenvalue weighted by atomic mass is 9.84. The zero-order valence-corrected chi connectivity index (χ0v) is 8.53. The summed E-state index contributed by atoms with van der Waals surface area (Å²) in [6, 6.07) is -1.39. The molecular weight excluding hydrogens is 196 g/mol. The highest BCUT2D eigenvalue weighted by Crippen LogP contribution is 2.24. The Hall–Kier alpha value is -1.37. The third kappa shape index (κ3) is 1.74. The summed E-state index contributed by atoms with van der Waals surface area (Å²) >= 11 is 0. The maximum atomic E-state index is 11.4. The summed E-state index contributed by atoms with van der Waals surface area (Å²) in [7, 11) is 0. The van der Waals surface area contributed by atoms with E-state index >= 15 is 0 Å². The van der Waals surface area contributed by atoms with Gasteiger partial charge in [0.05, 0.1) is 30.1 Å². The van der Waals surface area contributed by atoms with Crippen LogP contribution < -0.4 is 22.9 Å². The summed E-state index contributed by atoms with van der Waals surface area (Å²) < 4.78 is 0. The van der Waals surface area contributed by atoms with E-state index < -0.39 is 12.1 Å². The molecule has 0 radical (unpaired) electrons. The van der Waals surface area contributed by atoms with Crippen molar-refractivity contribution in [3.63, 3.8) is 0 Å². The van der Waals surface area contributed by atoms with E-state index in [4.69, 9.17) is 28.0 Å². The molecule has 0 heterocycles. The van der Waals surface area contributed by atoms with Gasteiger partial charge < -0.3 is 28.0 Å². The van der Waals surface area contributed by atoms with Gasteiger partial charge in [0.25, 0.3) is 0 Å². The van der Waals surface area contributed by atoms with E-state index in [9.17, 15) is 4.79 Å². The van der Waals surface area contributed by atoms with Crippen LogP contribution in [-0.4, -0.2) is 29.6 Å². The van der Waals surface area contributed by atoms with E-state index in [1.807, 2.05) is 0 Å². The van der Waals surface area contributed by atoms with Crippen LogP contribution in [-0.2, 0) is 4.79 Å². The first-order chi connectivity index (χ1) is 6.91. The largest absolute Gasteiger partial charge is 0.399 e. The number of aliphatic hydroxyl groups is 1. The number of carbonyl (C=O) groups excluding carboxylic acids is 1. The van der Waals surface area contributed by atoms with Gasteiger partial charge in [-0.1, -0.05) is 0 Å². The Morgan fingerprint density at radius 2 is 1.87 bits per heavy atom. The fourth-order valence-corrected chi connectivity index (χ4v) is 1.69. The molecule has 1 aliphatic carbocycles. The predicted octanol–water partition coefficient (Wildman–Crippen LogP) is -2.34. The van der Waals surface area contributed by atoms with Crippen molar-refractivity contribution >= 4 is 5.78 Å². The van der Waals surface area contributed by atoms with Gasteiger partial charge >= 0.3 is 0 Å². The summed E-state index contributed by atoms with van der Waals surface area (Å²) in [4.78, 5) is 11.4. The molecule has 2 atom stereocenters. The molecule has 0 aromatic heterocycles. The maximum absolute atomic E-state index is 11.4. The smallest absolute Gasteiger partial charge is 0.157 e. The molecule has 0 amide bonds. The summed E-state index contributed by atoms with van der Waals surface area (Å²) in [6.07, 6.45) is 0. The summed E-state index contributed by atoms with van der Waals surface area (Å²) in [5.41, 5.74) is 23.7. The fraction of sp³-hybridized carbons (Fsp3) is 0.444. The highest BCUT2D eigenvalue weighted by Gasteiger charge is 2.32. The predicted molar refractivity (Wildman–Crippen MR) is 56.1 cm³/mol. The molecule has 0 spiro atoms. The van der Waals surface area contributed by atoms with E-state index in [1.165, 1.54) is 6.92 Å². The van der Waals surface area contributed by atoms with E-state index in [0.29, 0.717) is 0 Å². The van der Waals surface area contributed by atoms with Crippen molar-refractivity contribution in [1.82, 2.24) is 0 Å². The zero-order valence-electron chi connectivity index (χ0n) is 8.53. The SMILES string of the molecule is CC(=O)C1=C(CO)C(N)=C(N)C(N)C1N. The second-order valence-corrected chi connectivity index (χ2v) is 3.53. The number of carbonyl (C=O) groups is 1. The summed E-state index contributed by atoms with van der Waals surface area (Å²) in [6.45, 7) is 0.980. The Morgan fingerprint density at radius 1 is 1.33 bits per heavy atom. The molecule has 0 saturated carbocycles. The van der Waals surface area contributed by atoms with Gasteiger partial charge in [0, 0.05) is 11.1 Å². The average Bonchev–Trinajstić information content (AvgIpc) is 2.19. The monoisotopic (exact) mass is 212 g/mol. The van der Waals surface area contributed by atoms with Gasteiger partial charge in [-0.15, -0.1) is 0 Å². The van der Waals surface area contributed by atoms with Crippen LogP contribution in [0.1, 0.15) is 6.92 Å². The number of nitrogens with two attached hydrogens (primary N) is 4. The Bertz CT molecular complexity index is 359. The molecule has 0 fully saturated rings. The molecule has 1 rings (SSSR count). The van der Waals surface area contributed by atoms with E-state index in [2.05, 4.69) is 0 Å². The second-order valence-electron chi connectivity index (χ2n) is 3.53. The first-order valence-electron chi connectivity index (χ1n) is 4.53. The van der Waals surface area contributed by atoms with Crippen LogP contribution in [0.5, 0.6) is 0 Å². The molecule has 15 heavy (non-hydrogen) atoms. The Morgan fingerprint density at radius 3 is 2.27 bits per heavy atom. The van der Waals surface area contributed by atoms with Gasteiger partial charge in [0.2, 0.25) is 0 Å². The average molecular weight is 212 g/mol. The number of hydrogen-bond donors (Lipinski definition) is 5. The van der Waals surface area contributed by atoms with Crippen LogP contribution in [0.3, 0.4) is 0 Å². The van der Waals surface area contributed by atoms with Crippen molar-refractivity contribution in [1.29, 1.82) is 0 Å². The van der Waals surface area contributed by atoms with Gasteiger partial charge in [-0.25, -0.2) is 0 Å². The minimum absolute atomic E-state index is 0.164. The van der Waals surface area contributed by atoms with E-state index in [-0.39, 0.29) is 34.9 Å². The van der Waals surface area contributed by atoms with Crippen molar-refractivity contribution in [2.75, 3.05) is 6.61 Å². The van der Waals surface area contributed by atoms with Crippen LogP contribution in [0, 0.1) is 0 Å². The van der Waals surface area contributed by atoms with Gasteiger partial charge in [-0.2, -0.15) is 0 Å². The normalized spacial score (nSPS) is 27.2. The fourth-order valence-electron chi connectivity index (χ4n) is 1.69. The molecule has 9 N–H and O–H groups in total. The highest BCUT2D eigenvalue weighted by atomic mass is 16.3. The maximum Gasteiger partial charge on any atom is 0.157 e. The molecular formula is C9H16N4O2. The van der Waals surface area contributed by atoms with Crippen molar-refractivity contribution in [3.05, 3.63) is 22.5 Å². The van der Waals surface area contributed by atoms with Crippen LogP contribution in [0.25, 0.3) is 0 Å². The minimum Gasteiger partial charge on any atom is -0.399 e. The Kier molecular flexibility index (Phi) is 3.13. The lowest BCUT2D eigenvalue weighted by Crippen LogP contribution is -2.51. The summed E-state index contributed by atoms with van der Waals surface area (Å²) in [5.74, 6) is -0.252. The minimum atomic E-state index is -0.711. The molecule has 0 aromatic rings. The van der Waals surface area contributed by atoms with Crippen molar-refractivity contribution < 1.29 is 9.90 Å². The van der Waals surface area contributed by atoms with Crippen LogP contribution in [0.4, 0.5) is 0 Å². The molecule has 6 heteroatoms. The standard InChI is InChI=1S/C9H16N4O2/c1-3(15)5-4(2-14)6(10)8(12)9(13)7(5)11/h7,9,14H,2,10-13H2,1H3. The van der Waals surface area contributed by atoms with Crippen molar-refractivity contribution in [3.8, 4) is 0 Å². The van der Waals surface area contributed by atoms with E-state index in [1.54, 1.807) is 0 Å². The topological polar surface area (TPSA) is 141 Å². The van der Waals surface area contributed by atoms with Crippen molar-refractivity contribution in [2.45, 2.75) is 19.0 Å². The number of rotatable bonds is 2. The van der Waals surface area contributed by atoms with Gasteiger partial charge in [-0.05, 0) is 6.92 Å². The Balaban J connectivity index is 3.37. The first-order valence-corrected chi connectivity index (χ1v) is 4.53. The number of aliphatic hydroxyl groups excluding tert-OH is 1. The van der Waals surface area contributed by atoms with Crippen LogP contribution in [0.2, 0.25) is 0 Å². The molecule has 0 aromatic carbocycles. The number of Topliss-reactive ketones (excluding diaryl/α,β-unsaturated/α-hetero) is 1. The molecule has 2 unspecified atom stereocenters. The van der Waals surface area contributed by atoms with Gasteiger partial charge in [-0.3, -0.25) is 4.79 Å². The van der Waals surface area contributed by atoms with Crippen molar-refractivity contribution in [2.24, 2.45) is 22.9 Å². The third-order valence-corrected chi connectivity index (χ3v) is 2.58. The second kappa shape index (κ2) is 4.01. The lowest BCUT2D eigenvalue weighted by molar-refractivity contribution is -0.114. The zero-order chi connectivity index (χ0) is 11.7. The third-order valence-electron chi connectivity index (χ3n) is 2.58. The van der Waals surface area contributed by atoms with Crippen LogP contribution >= 0.6 is 0 Å². The quantitative estimate of drug-likeness (QED) is 0.347. The van der Waals surface area contributed by atoms with Gasteiger partial charge in [0.1, 0.15) is 0 Å². The Labute approximate surface area is 87.6 Å². The number of ketones is 1. The molecule has 6 nitrogen and oxygen atoms in total. The molecule has 0 aliphatic heterocycles. The van der Waals surface area contributed by atoms with Crippen LogP contribution in [0.15, 0.2) is 22.5 Å². The highest BCUT2D eigenvalue weighted by molar-refractivity contribution is 5.97. The molecule has 84 valence electrons. The first kappa shape index (κ1) is 11.7.